The summed E-state index contributed by atoms with van der Waals surface area (Å²) in [5, 5.41) is 0. The van der Waals surface area contributed by atoms with Gasteiger partial charge in [0, 0.05) is 18.0 Å². The number of nitrogens with two attached hydrogens (primary N) is 1. The Kier molecular flexibility index (Phi) is 1.77. The van der Waals surface area contributed by atoms with Crippen LogP contribution in [0.25, 0.3) is 0 Å². The average molecular weight is 163 g/mol. The molecular formula is C10H13NO. The molecule has 1 atom stereocenters. The summed E-state index contributed by atoms with van der Waals surface area (Å²) in [7, 11) is 0. The van der Waals surface area contributed by atoms with E-state index in [4.69, 9.17) is 10.5 Å². The van der Waals surface area contributed by atoms with E-state index in [1.807, 2.05) is 0 Å². The molecule has 0 aliphatic carbocycles. The molecule has 0 radical (unpaired) electrons. The molecule has 2 N–H and O–H groups in total. The number of ether oxygens (including phenoxy) is 1. The van der Waals surface area contributed by atoms with Crippen LogP contribution in [0.2, 0.25) is 0 Å². The van der Waals surface area contributed by atoms with Crippen LogP contribution in [0.1, 0.15) is 17.0 Å². The fraction of sp³-hybridized carbons (Fsp3) is 0.400. The number of rotatable bonds is 1. The lowest BCUT2D eigenvalue weighted by molar-refractivity contribution is 0.331. The van der Waals surface area contributed by atoms with Gasteiger partial charge >= 0.3 is 0 Å². The first kappa shape index (κ1) is 7.62. The van der Waals surface area contributed by atoms with E-state index in [0.717, 1.165) is 12.4 Å². The van der Waals surface area contributed by atoms with Crippen molar-refractivity contribution >= 4 is 0 Å². The number of hydrogen-bond donors (Lipinski definition) is 1. The Bertz CT molecular complexity index is 296. The zero-order valence-corrected chi connectivity index (χ0v) is 7.21. The molecule has 0 spiro atoms. The average Bonchev–Trinajstić information content (AvgIpc) is 2.49. The maximum atomic E-state index is 5.62. The van der Waals surface area contributed by atoms with Gasteiger partial charge in [-0.3, -0.25) is 0 Å². The second-order valence-electron chi connectivity index (χ2n) is 3.24. The Morgan fingerprint density at radius 3 is 3.17 bits per heavy atom. The van der Waals surface area contributed by atoms with Crippen LogP contribution < -0.4 is 10.5 Å². The normalized spacial score (nSPS) is 20.3. The van der Waals surface area contributed by atoms with Gasteiger partial charge in [0.25, 0.3) is 0 Å². The van der Waals surface area contributed by atoms with Crippen molar-refractivity contribution in [1.29, 1.82) is 0 Å². The molecule has 2 heteroatoms. The molecule has 0 amide bonds. The molecule has 1 aliphatic heterocycles. The summed E-state index contributed by atoms with van der Waals surface area (Å²) in [6.07, 6.45) is 0. The molecule has 0 bridgehead atoms. The van der Waals surface area contributed by atoms with Crippen LogP contribution in [0.5, 0.6) is 5.75 Å². The zero-order valence-electron chi connectivity index (χ0n) is 7.21. The number of para-hydroxylation sites is 1. The molecule has 0 saturated carbocycles. The summed E-state index contributed by atoms with van der Waals surface area (Å²) >= 11 is 0. The Balaban J connectivity index is 2.46. The van der Waals surface area contributed by atoms with Gasteiger partial charge in [-0.2, -0.15) is 0 Å². The lowest BCUT2D eigenvalue weighted by atomic mass is 10.00. The van der Waals surface area contributed by atoms with Gasteiger partial charge in [-0.25, -0.2) is 0 Å². The predicted octanol–water partition coefficient (Wildman–Crippen LogP) is 1.43. The fourth-order valence-electron chi connectivity index (χ4n) is 1.66. The van der Waals surface area contributed by atoms with Gasteiger partial charge in [-0.15, -0.1) is 0 Å². The van der Waals surface area contributed by atoms with Crippen molar-refractivity contribution in [2.45, 2.75) is 12.8 Å². The number of fused-ring (bicyclic) bond motifs is 1. The highest BCUT2D eigenvalue weighted by atomic mass is 16.5. The topological polar surface area (TPSA) is 35.2 Å². The molecule has 1 aliphatic rings. The van der Waals surface area contributed by atoms with E-state index in [9.17, 15) is 0 Å². The molecule has 0 aromatic heterocycles. The van der Waals surface area contributed by atoms with E-state index in [2.05, 4.69) is 25.1 Å². The first-order valence-electron chi connectivity index (χ1n) is 4.25. The molecule has 64 valence electrons. The van der Waals surface area contributed by atoms with Crippen molar-refractivity contribution in [3.8, 4) is 5.75 Å². The first-order valence-corrected chi connectivity index (χ1v) is 4.25. The Hall–Kier alpha value is -1.02. The quantitative estimate of drug-likeness (QED) is 0.679. The van der Waals surface area contributed by atoms with Gasteiger partial charge < -0.3 is 10.5 Å². The first-order chi connectivity index (χ1) is 5.83. The van der Waals surface area contributed by atoms with Crippen LogP contribution >= 0.6 is 0 Å². The number of hydrogen-bond acceptors (Lipinski definition) is 2. The number of aryl methyl sites for hydroxylation is 1. The maximum absolute atomic E-state index is 5.62. The molecule has 1 aromatic carbocycles. The summed E-state index contributed by atoms with van der Waals surface area (Å²) in [6, 6.07) is 6.23. The van der Waals surface area contributed by atoms with Crippen molar-refractivity contribution in [3.63, 3.8) is 0 Å². The summed E-state index contributed by atoms with van der Waals surface area (Å²) < 4.78 is 5.55. The fourth-order valence-corrected chi connectivity index (χ4v) is 1.66. The van der Waals surface area contributed by atoms with Crippen LogP contribution in [-0.4, -0.2) is 13.2 Å². The molecule has 12 heavy (non-hydrogen) atoms. The maximum Gasteiger partial charge on any atom is 0.125 e. The molecule has 0 saturated heterocycles. The minimum absolute atomic E-state index is 0.403. The van der Waals surface area contributed by atoms with Crippen molar-refractivity contribution in [2.75, 3.05) is 13.2 Å². The smallest absolute Gasteiger partial charge is 0.125 e. The predicted molar refractivity (Wildman–Crippen MR) is 48.5 cm³/mol. The highest BCUT2D eigenvalue weighted by molar-refractivity contribution is 5.45. The standard InChI is InChI=1S/C10H13NO/c1-7-3-2-4-9-8(5-11)6-12-10(7)9/h2-4,8H,5-6,11H2,1H3. The second kappa shape index (κ2) is 2.79. The minimum atomic E-state index is 0.403. The van der Waals surface area contributed by atoms with E-state index < -0.39 is 0 Å². The molecule has 1 aromatic rings. The molecule has 1 heterocycles. The number of benzene rings is 1. The van der Waals surface area contributed by atoms with Crippen molar-refractivity contribution in [3.05, 3.63) is 29.3 Å². The highest BCUT2D eigenvalue weighted by Crippen LogP contribution is 2.35. The van der Waals surface area contributed by atoms with Gasteiger partial charge in [-0.1, -0.05) is 18.2 Å². The van der Waals surface area contributed by atoms with Gasteiger partial charge in [0.2, 0.25) is 0 Å². The van der Waals surface area contributed by atoms with Gasteiger partial charge in [-0.05, 0) is 12.5 Å². The molecular weight excluding hydrogens is 150 g/mol. The molecule has 2 nitrogen and oxygen atoms in total. The van der Waals surface area contributed by atoms with Crippen LogP contribution in [-0.2, 0) is 0 Å². The second-order valence-corrected chi connectivity index (χ2v) is 3.24. The Morgan fingerprint density at radius 1 is 1.58 bits per heavy atom. The zero-order chi connectivity index (χ0) is 8.55. The summed E-state index contributed by atoms with van der Waals surface area (Å²) in [4.78, 5) is 0. The van der Waals surface area contributed by atoms with Crippen molar-refractivity contribution in [1.82, 2.24) is 0 Å². The molecule has 0 fully saturated rings. The monoisotopic (exact) mass is 163 g/mol. The van der Waals surface area contributed by atoms with Crippen LogP contribution in [0.15, 0.2) is 18.2 Å². The summed E-state index contributed by atoms with van der Waals surface area (Å²) in [6.45, 7) is 3.49. The third-order valence-electron chi connectivity index (χ3n) is 2.40. The van der Waals surface area contributed by atoms with E-state index in [1.54, 1.807) is 0 Å². The van der Waals surface area contributed by atoms with Gasteiger partial charge in [0.05, 0.1) is 6.61 Å². The Labute approximate surface area is 72.3 Å². The van der Waals surface area contributed by atoms with Crippen molar-refractivity contribution in [2.24, 2.45) is 5.73 Å². The SMILES string of the molecule is Cc1cccc2c1OCC2CN. The third-order valence-corrected chi connectivity index (χ3v) is 2.40. The van der Waals surface area contributed by atoms with E-state index in [-0.39, 0.29) is 0 Å². The summed E-state index contributed by atoms with van der Waals surface area (Å²) in [5.74, 6) is 1.45. The van der Waals surface area contributed by atoms with Crippen molar-refractivity contribution < 1.29 is 4.74 Å². The van der Waals surface area contributed by atoms with Gasteiger partial charge in [0.1, 0.15) is 5.75 Å². The van der Waals surface area contributed by atoms with Gasteiger partial charge in [0.15, 0.2) is 0 Å². The Morgan fingerprint density at radius 2 is 2.42 bits per heavy atom. The van der Waals surface area contributed by atoms with E-state index in [0.29, 0.717) is 12.5 Å². The summed E-state index contributed by atoms with van der Waals surface area (Å²) in [5.41, 5.74) is 8.11. The van der Waals surface area contributed by atoms with E-state index in [1.165, 1.54) is 11.1 Å². The van der Waals surface area contributed by atoms with Crippen LogP contribution in [0, 0.1) is 6.92 Å². The molecule has 2 rings (SSSR count). The van der Waals surface area contributed by atoms with E-state index >= 15 is 0 Å². The lowest BCUT2D eigenvalue weighted by Crippen LogP contribution is -2.13. The molecule has 1 unspecified atom stereocenters. The third kappa shape index (κ3) is 0.994. The minimum Gasteiger partial charge on any atom is -0.492 e. The van der Waals surface area contributed by atoms with Crippen LogP contribution in [0.4, 0.5) is 0 Å². The van der Waals surface area contributed by atoms with Crippen LogP contribution in [0.3, 0.4) is 0 Å². The largest absolute Gasteiger partial charge is 0.492 e. The highest BCUT2D eigenvalue weighted by Gasteiger charge is 2.23. The lowest BCUT2D eigenvalue weighted by Gasteiger charge is -2.03.